The van der Waals surface area contributed by atoms with Crippen LogP contribution in [0.1, 0.15) is 15.9 Å². The van der Waals surface area contributed by atoms with Crippen molar-refractivity contribution >= 4 is 29.3 Å². The minimum atomic E-state index is -0.580. The number of hydrogen-bond donors (Lipinski definition) is 2. The third kappa shape index (κ3) is 5.41. The van der Waals surface area contributed by atoms with Gasteiger partial charge in [0.25, 0.3) is 11.6 Å². The quantitative estimate of drug-likeness (QED) is 0.415. The first-order valence-corrected chi connectivity index (χ1v) is 9.65. The van der Waals surface area contributed by atoms with E-state index in [0.29, 0.717) is 16.6 Å². The molecule has 0 saturated carbocycles. The van der Waals surface area contributed by atoms with Crippen molar-refractivity contribution in [3.63, 3.8) is 0 Å². The monoisotopic (exact) mass is 426 g/mol. The molecule has 0 radical (unpaired) electrons. The molecular weight excluding hydrogens is 408 g/mol. The van der Waals surface area contributed by atoms with Crippen molar-refractivity contribution in [2.75, 3.05) is 6.54 Å². The van der Waals surface area contributed by atoms with E-state index in [-0.39, 0.29) is 23.7 Å². The van der Waals surface area contributed by atoms with Gasteiger partial charge in [0, 0.05) is 25.2 Å². The van der Waals surface area contributed by atoms with Crippen LogP contribution in [0.4, 0.5) is 5.69 Å². The van der Waals surface area contributed by atoms with Crippen LogP contribution in [-0.2, 0) is 18.4 Å². The molecule has 2 N–H and O–H groups in total. The van der Waals surface area contributed by atoms with Crippen LogP contribution in [0.5, 0.6) is 0 Å². The number of nitrogens with one attached hydrogen (secondary N) is 2. The summed E-state index contributed by atoms with van der Waals surface area (Å²) in [6, 6.07) is 13.5. The van der Waals surface area contributed by atoms with Crippen LogP contribution < -0.4 is 10.6 Å². The molecule has 0 atom stereocenters. The molecular formula is C19H18N6O4S. The smallest absolute Gasteiger partial charge is 0.284 e. The fourth-order valence-corrected chi connectivity index (χ4v) is 3.32. The Hall–Kier alpha value is -3.73. The topological polar surface area (TPSA) is 132 Å². The van der Waals surface area contributed by atoms with E-state index >= 15 is 0 Å². The van der Waals surface area contributed by atoms with E-state index in [1.54, 1.807) is 11.6 Å². The Morgan fingerprint density at radius 1 is 1.17 bits per heavy atom. The lowest BCUT2D eigenvalue weighted by molar-refractivity contribution is -0.387. The van der Waals surface area contributed by atoms with Crippen molar-refractivity contribution in [2.24, 2.45) is 7.05 Å². The zero-order valence-electron chi connectivity index (χ0n) is 15.9. The highest BCUT2D eigenvalue weighted by Crippen LogP contribution is 2.34. The molecule has 2 aromatic carbocycles. The Labute approximate surface area is 175 Å². The van der Waals surface area contributed by atoms with Gasteiger partial charge < -0.3 is 15.2 Å². The van der Waals surface area contributed by atoms with Gasteiger partial charge in [0.1, 0.15) is 6.33 Å². The summed E-state index contributed by atoms with van der Waals surface area (Å²) in [6.07, 6.45) is 1.48. The number of nitrogens with zero attached hydrogens (tertiary/aromatic N) is 4. The number of aromatic nitrogens is 3. The first-order chi connectivity index (χ1) is 14.4. The van der Waals surface area contributed by atoms with Crippen molar-refractivity contribution in [3.05, 3.63) is 76.1 Å². The van der Waals surface area contributed by atoms with Gasteiger partial charge in [0.2, 0.25) is 5.91 Å². The summed E-state index contributed by atoms with van der Waals surface area (Å²) in [4.78, 5) is 35.5. The number of aryl methyl sites for hydroxylation is 1. The van der Waals surface area contributed by atoms with Gasteiger partial charge in [0.15, 0.2) is 5.16 Å². The summed E-state index contributed by atoms with van der Waals surface area (Å²) in [5.41, 5.74) is 0.785. The highest BCUT2D eigenvalue weighted by molar-refractivity contribution is 7.99. The molecule has 10 nitrogen and oxygen atoms in total. The van der Waals surface area contributed by atoms with Gasteiger partial charge in [-0.2, -0.15) is 0 Å². The van der Waals surface area contributed by atoms with Crippen molar-refractivity contribution in [1.29, 1.82) is 0 Å². The lowest BCUT2D eigenvalue weighted by Gasteiger charge is -2.08. The first kappa shape index (κ1) is 21.0. The maximum Gasteiger partial charge on any atom is 0.284 e. The number of carbonyl (C=O) groups is 2. The third-order valence-corrected chi connectivity index (χ3v) is 5.15. The van der Waals surface area contributed by atoms with E-state index in [1.807, 2.05) is 30.3 Å². The molecule has 0 fully saturated rings. The number of nitro groups is 1. The van der Waals surface area contributed by atoms with Crippen molar-refractivity contribution < 1.29 is 14.5 Å². The Morgan fingerprint density at radius 3 is 2.60 bits per heavy atom. The molecule has 30 heavy (non-hydrogen) atoms. The molecule has 3 aromatic rings. The van der Waals surface area contributed by atoms with E-state index in [2.05, 4.69) is 20.8 Å². The van der Waals surface area contributed by atoms with Crippen LogP contribution in [0.3, 0.4) is 0 Å². The summed E-state index contributed by atoms with van der Waals surface area (Å²) in [7, 11) is 1.72. The standard InChI is InChI=1S/C19H18N6O4S/c1-24-12-22-23-19(24)30-16-8-7-14(9-15(16)25(28)29)18(27)21-11-17(26)20-10-13-5-3-2-4-6-13/h2-9,12H,10-11H2,1H3,(H,20,26)(H,21,27). The average molecular weight is 426 g/mol. The molecule has 0 aliphatic rings. The molecule has 0 saturated heterocycles. The lowest BCUT2D eigenvalue weighted by atomic mass is 10.2. The number of hydrogen-bond acceptors (Lipinski definition) is 7. The molecule has 0 unspecified atom stereocenters. The Balaban J connectivity index is 1.61. The second-order valence-corrected chi connectivity index (χ2v) is 7.22. The number of amides is 2. The average Bonchev–Trinajstić information content (AvgIpc) is 3.15. The molecule has 0 spiro atoms. The summed E-state index contributed by atoms with van der Waals surface area (Å²) < 4.78 is 1.63. The summed E-state index contributed by atoms with van der Waals surface area (Å²) in [5, 5.41) is 24.7. The van der Waals surface area contributed by atoms with E-state index in [9.17, 15) is 19.7 Å². The molecule has 0 bridgehead atoms. The number of benzene rings is 2. The molecule has 154 valence electrons. The maximum absolute atomic E-state index is 12.3. The second-order valence-electron chi connectivity index (χ2n) is 6.21. The summed E-state index contributed by atoms with van der Waals surface area (Å²) in [6.45, 7) is 0.101. The van der Waals surface area contributed by atoms with Crippen LogP contribution >= 0.6 is 11.8 Å². The normalized spacial score (nSPS) is 10.4. The number of carbonyl (C=O) groups excluding carboxylic acids is 2. The predicted octanol–water partition coefficient (Wildman–Crippen LogP) is 1.92. The van der Waals surface area contributed by atoms with E-state index in [1.165, 1.54) is 24.5 Å². The summed E-state index contributed by atoms with van der Waals surface area (Å²) in [5.74, 6) is -0.945. The minimum Gasteiger partial charge on any atom is -0.350 e. The van der Waals surface area contributed by atoms with Crippen LogP contribution in [0.15, 0.2) is 64.9 Å². The van der Waals surface area contributed by atoms with Gasteiger partial charge in [-0.05, 0) is 29.5 Å². The second kappa shape index (κ2) is 9.65. The van der Waals surface area contributed by atoms with Crippen LogP contribution in [0.2, 0.25) is 0 Å². The minimum absolute atomic E-state index is 0.0832. The Morgan fingerprint density at radius 2 is 1.93 bits per heavy atom. The molecule has 0 aliphatic carbocycles. The first-order valence-electron chi connectivity index (χ1n) is 8.83. The van der Waals surface area contributed by atoms with Crippen LogP contribution in [-0.4, -0.2) is 38.0 Å². The van der Waals surface area contributed by atoms with Gasteiger partial charge in [-0.25, -0.2) is 0 Å². The lowest BCUT2D eigenvalue weighted by Crippen LogP contribution is -2.36. The highest BCUT2D eigenvalue weighted by Gasteiger charge is 2.20. The van der Waals surface area contributed by atoms with Gasteiger partial charge >= 0.3 is 0 Å². The van der Waals surface area contributed by atoms with Crippen molar-refractivity contribution in [2.45, 2.75) is 16.6 Å². The van der Waals surface area contributed by atoms with Gasteiger partial charge in [0.05, 0.1) is 16.4 Å². The third-order valence-electron chi connectivity index (χ3n) is 4.03. The molecule has 1 heterocycles. The van der Waals surface area contributed by atoms with Gasteiger partial charge in [-0.1, -0.05) is 30.3 Å². The molecule has 0 aliphatic heterocycles. The van der Waals surface area contributed by atoms with E-state index in [0.717, 1.165) is 17.3 Å². The highest BCUT2D eigenvalue weighted by atomic mass is 32.2. The van der Waals surface area contributed by atoms with Crippen LogP contribution in [0.25, 0.3) is 0 Å². The van der Waals surface area contributed by atoms with Gasteiger partial charge in [-0.15, -0.1) is 10.2 Å². The molecule has 1 aromatic heterocycles. The molecule has 2 amide bonds. The number of rotatable bonds is 8. The zero-order valence-corrected chi connectivity index (χ0v) is 16.8. The Bertz CT molecular complexity index is 1070. The fraction of sp³-hybridized carbons (Fsp3) is 0.158. The molecule has 11 heteroatoms. The van der Waals surface area contributed by atoms with Crippen LogP contribution in [0, 0.1) is 10.1 Å². The maximum atomic E-state index is 12.3. The van der Waals surface area contributed by atoms with E-state index in [4.69, 9.17) is 0 Å². The van der Waals surface area contributed by atoms with Gasteiger partial charge in [-0.3, -0.25) is 19.7 Å². The van der Waals surface area contributed by atoms with Crippen molar-refractivity contribution in [3.8, 4) is 0 Å². The number of nitro benzene ring substituents is 1. The fourth-order valence-electron chi connectivity index (χ4n) is 2.47. The predicted molar refractivity (Wildman–Crippen MR) is 109 cm³/mol. The largest absolute Gasteiger partial charge is 0.350 e. The summed E-state index contributed by atoms with van der Waals surface area (Å²) >= 11 is 1.07. The zero-order chi connectivity index (χ0) is 21.5. The van der Waals surface area contributed by atoms with Crippen molar-refractivity contribution in [1.82, 2.24) is 25.4 Å². The Kier molecular flexibility index (Phi) is 6.75. The molecule has 3 rings (SSSR count). The SMILES string of the molecule is Cn1cnnc1Sc1ccc(C(=O)NCC(=O)NCc2ccccc2)cc1[N+](=O)[O-]. The van der Waals surface area contributed by atoms with E-state index < -0.39 is 10.8 Å².